The van der Waals surface area contributed by atoms with Gasteiger partial charge in [-0.3, -0.25) is 0 Å². The van der Waals surface area contributed by atoms with Crippen LogP contribution in [0.15, 0.2) is 0 Å². The molecule has 2 aliphatic heterocycles. The van der Waals surface area contributed by atoms with Gasteiger partial charge < -0.3 is 19.3 Å². The van der Waals surface area contributed by atoms with E-state index in [9.17, 15) is 5.11 Å². The number of ether oxygens (including phenoxy) is 3. The molecule has 2 heterocycles. The summed E-state index contributed by atoms with van der Waals surface area (Å²) in [4.78, 5) is 0. The summed E-state index contributed by atoms with van der Waals surface area (Å²) in [5, 5.41) is 9.66. The highest BCUT2D eigenvalue weighted by molar-refractivity contribution is 5.00. The Morgan fingerprint density at radius 1 is 1.21 bits per heavy atom. The van der Waals surface area contributed by atoms with Gasteiger partial charge in [0, 0.05) is 11.8 Å². The third-order valence-corrected chi connectivity index (χ3v) is 3.47. The Morgan fingerprint density at radius 3 is 2.71 bits per heavy atom. The molecule has 80 valence electrons. The van der Waals surface area contributed by atoms with Crippen molar-refractivity contribution in [1.29, 1.82) is 0 Å². The van der Waals surface area contributed by atoms with E-state index in [0.717, 1.165) is 6.42 Å². The van der Waals surface area contributed by atoms with Crippen LogP contribution in [0.2, 0.25) is 0 Å². The van der Waals surface area contributed by atoms with E-state index in [-0.39, 0.29) is 18.1 Å². The molecular formula is C10H16O4. The average Bonchev–Trinajstić information content (AvgIpc) is 2.53. The lowest BCUT2D eigenvalue weighted by molar-refractivity contribution is -0.216. The number of aliphatic hydroxyl groups is 1. The van der Waals surface area contributed by atoms with Crippen LogP contribution < -0.4 is 0 Å². The molecular weight excluding hydrogens is 184 g/mol. The van der Waals surface area contributed by atoms with E-state index in [1.54, 1.807) is 0 Å². The Morgan fingerprint density at radius 2 is 1.93 bits per heavy atom. The van der Waals surface area contributed by atoms with Gasteiger partial charge in [0.15, 0.2) is 12.1 Å². The molecule has 0 spiro atoms. The Balaban J connectivity index is 1.87. The van der Waals surface area contributed by atoms with Crippen molar-refractivity contribution in [1.82, 2.24) is 0 Å². The minimum atomic E-state index is -0.668. The van der Waals surface area contributed by atoms with E-state index in [2.05, 4.69) is 0 Å². The summed E-state index contributed by atoms with van der Waals surface area (Å²) in [5.41, 5.74) is 0. The molecule has 0 aromatic rings. The second-order valence-electron chi connectivity index (χ2n) is 4.95. The van der Waals surface area contributed by atoms with E-state index in [1.165, 1.54) is 0 Å². The van der Waals surface area contributed by atoms with Crippen molar-refractivity contribution in [3.05, 3.63) is 0 Å². The van der Waals surface area contributed by atoms with Crippen molar-refractivity contribution in [2.24, 2.45) is 11.8 Å². The number of fused-ring (bicyclic) bond motifs is 5. The molecule has 14 heavy (non-hydrogen) atoms. The van der Waals surface area contributed by atoms with Crippen molar-refractivity contribution in [2.75, 3.05) is 6.61 Å². The molecule has 1 aliphatic carbocycles. The highest BCUT2D eigenvalue weighted by Crippen LogP contribution is 2.48. The van der Waals surface area contributed by atoms with Crippen LogP contribution in [-0.2, 0) is 14.2 Å². The smallest absolute Gasteiger partial charge is 0.163 e. The molecule has 1 saturated carbocycles. The molecule has 0 amide bonds. The maximum Gasteiger partial charge on any atom is 0.163 e. The van der Waals surface area contributed by atoms with E-state index in [1.807, 2.05) is 13.8 Å². The summed E-state index contributed by atoms with van der Waals surface area (Å²) in [6.07, 6.45) is 0.436. The van der Waals surface area contributed by atoms with E-state index in [4.69, 9.17) is 14.2 Å². The van der Waals surface area contributed by atoms with Gasteiger partial charge in [-0.2, -0.15) is 0 Å². The number of rotatable bonds is 0. The van der Waals surface area contributed by atoms with Crippen LogP contribution in [0.25, 0.3) is 0 Å². The summed E-state index contributed by atoms with van der Waals surface area (Å²) in [7, 11) is 0. The molecule has 2 bridgehead atoms. The molecule has 1 N–H and O–H groups in total. The predicted molar refractivity (Wildman–Crippen MR) is 47.4 cm³/mol. The first-order valence-electron chi connectivity index (χ1n) is 5.22. The van der Waals surface area contributed by atoms with Crippen molar-refractivity contribution in [3.63, 3.8) is 0 Å². The molecule has 4 nitrogen and oxygen atoms in total. The number of hydrogen-bond donors (Lipinski definition) is 1. The van der Waals surface area contributed by atoms with Gasteiger partial charge >= 0.3 is 0 Å². The van der Waals surface area contributed by atoms with Gasteiger partial charge in [-0.25, -0.2) is 0 Å². The molecule has 3 aliphatic rings. The summed E-state index contributed by atoms with van der Waals surface area (Å²) >= 11 is 0. The molecule has 3 fully saturated rings. The van der Waals surface area contributed by atoms with Crippen molar-refractivity contribution >= 4 is 0 Å². The van der Waals surface area contributed by atoms with Crippen LogP contribution in [0.1, 0.15) is 20.3 Å². The third kappa shape index (κ3) is 1.15. The van der Waals surface area contributed by atoms with Crippen molar-refractivity contribution < 1.29 is 19.3 Å². The van der Waals surface area contributed by atoms with Gasteiger partial charge in [0.1, 0.15) is 0 Å². The van der Waals surface area contributed by atoms with Crippen LogP contribution in [-0.4, -0.2) is 36.0 Å². The zero-order valence-electron chi connectivity index (χ0n) is 8.47. The van der Waals surface area contributed by atoms with E-state index >= 15 is 0 Å². The van der Waals surface area contributed by atoms with Crippen LogP contribution >= 0.6 is 0 Å². The minimum Gasteiger partial charge on any atom is -0.368 e. The average molecular weight is 200 g/mol. The molecule has 5 atom stereocenters. The Bertz CT molecular complexity index is 253. The lowest BCUT2D eigenvalue weighted by Crippen LogP contribution is -2.35. The summed E-state index contributed by atoms with van der Waals surface area (Å²) < 4.78 is 16.9. The second kappa shape index (κ2) is 2.70. The standard InChI is InChI=1S/C10H16O4/c1-10(2)13-7-5-3-6(8(7)14-10)9(11)12-4-5/h5-9,11H,3-4H2,1-2H3/t5-,6-,7-,8+,9+/m0/s1. The van der Waals surface area contributed by atoms with Crippen LogP contribution in [0, 0.1) is 11.8 Å². The van der Waals surface area contributed by atoms with Gasteiger partial charge in [-0.05, 0) is 20.3 Å². The molecule has 0 aromatic heterocycles. The van der Waals surface area contributed by atoms with Gasteiger partial charge in [-0.15, -0.1) is 0 Å². The van der Waals surface area contributed by atoms with Crippen molar-refractivity contribution in [3.8, 4) is 0 Å². The second-order valence-corrected chi connectivity index (χ2v) is 4.95. The fourth-order valence-electron chi connectivity index (χ4n) is 2.92. The quantitative estimate of drug-likeness (QED) is 0.618. The number of aliphatic hydroxyl groups excluding tert-OH is 1. The maximum absolute atomic E-state index is 9.66. The predicted octanol–water partition coefficient (Wildman–Crippen LogP) is 0.491. The first kappa shape index (κ1) is 9.09. The zero-order chi connectivity index (χ0) is 9.92. The largest absolute Gasteiger partial charge is 0.368 e. The third-order valence-electron chi connectivity index (χ3n) is 3.47. The zero-order valence-corrected chi connectivity index (χ0v) is 8.47. The molecule has 0 radical (unpaired) electrons. The Hall–Kier alpha value is -0.160. The fourth-order valence-corrected chi connectivity index (χ4v) is 2.92. The van der Waals surface area contributed by atoms with E-state index in [0.29, 0.717) is 12.5 Å². The van der Waals surface area contributed by atoms with Gasteiger partial charge in [0.2, 0.25) is 0 Å². The molecule has 2 saturated heterocycles. The molecule has 4 heteroatoms. The van der Waals surface area contributed by atoms with Gasteiger partial charge in [0.25, 0.3) is 0 Å². The molecule has 0 aromatic carbocycles. The first-order chi connectivity index (χ1) is 6.57. The summed E-state index contributed by atoms with van der Waals surface area (Å²) in [6.45, 7) is 4.45. The Labute approximate surface area is 83.1 Å². The summed E-state index contributed by atoms with van der Waals surface area (Å²) in [6, 6.07) is 0. The maximum atomic E-state index is 9.66. The molecule has 0 unspecified atom stereocenters. The van der Waals surface area contributed by atoms with Gasteiger partial charge in [-0.1, -0.05) is 0 Å². The Kier molecular flexibility index (Phi) is 1.75. The van der Waals surface area contributed by atoms with Crippen LogP contribution in [0.5, 0.6) is 0 Å². The first-order valence-corrected chi connectivity index (χ1v) is 5.22. The fraction of sp³-hybridized carbons (Fsp3) is 1.00. The summed E-state index contributed by atoms with van der Waals surface area (Å²) in [5.74, 6) is -0.000694. The normalized spacial score (nSPS) is 54.6. The number of hydrogen-bond acceptors (Lipinski definition) is 4. The molecule has 3 rings (SSSR count). The van der Waals surface area contributed by atoms with Crippen LogP contribution in [0.4, 0.5) is 0 Å². The SMILES string of the molecule is CC1(C)O[C@@H]2[C@@H]3C[C@@H](CO[C@H]3O)[C@@H]2O1. The highest BCUT2D eigenvalue weighted by Gasteiger charge is 2.58. The van der Waals surface area contributed by atoms with Gasteiger partial charge in [0.05, 0.1) is 18.8 Å². The lowest BCUT2D eigenvalue weighted by Gasteiger charge is -2.29. The van der Waals surface area contributed by atoms with Crippen LogP contribution in [0.3, 0.4) is 0 Å². The lowest BCUT2D eigenvalue weighted by atomic mass is 10.0. The topological polar surface area (TPSA) is 47.9 Å². The van der Waals surface area contributed by atoms with E-state index < -0.39 is 12.1 Å². The minimum absolute atomic E-state index is 0.0208. The van der Waals surface area contributed by atoms with Crippen molar-refractivity contribution in [2.45, 2.75) is 44.6 Å². The monoisotopic (exact) mass is 200 g/mol. The highest BCUT2D eigenvalue weighted by atomic mass is 16.8.